The van der Waals surface area contributed by atoms with Crippen molar-refractivity contribution < 1.29 is 4.79 Å². The molecule has 0 bridgehead atoms. The average molecular weight is 347 g/mol. The van der Waals surface area contributed by atoms with Crippen molar-refractivity contribution in [3.63, 3.8) is 0 Å². The first-order chi connectivity index (χ1) is 10.3. The zero-order valence-electron chi connectivity index (χ0n) is 11.0. The summed E-state index contributed by atoms with van der Waals surface area (Å²) in [6.07, 6.45) is 2.25. The fraction of sp³-hybridized carbons (Fsp3) is 0.231. The normalized spacial score (nSPS) is 18.8. The van der Waals surface area contributed by atoms with Crippen molar-refractivity contribution in [1.82, 2.24) is 15.3 Å². The molecule has 1 atom stereocenters. The summed E-state index contributed by atoms with van der Waals surface area (Å²) < 4.78 is 8.69. The van der Waals surface area contributed by atoms with Crippen LogP contribution in [0.1, 0.15) is 11.4 Å². The fourth-order valence-electron chi connectivity index (χ4n) is 2.48. The first-order valence-electron chi connectivity index (χ1n) is 6.58. The van der Waals surface area contributed by atoms with E-state index in [9.17, 15) is 4.79 Å². The van der Waals surface area contributed by atoms with Gasteiger partial charge in [-0.05, 0) is 0 Å². The summed E-state index contributed by atoms with van der Waals surface area (Å²) in [7, 11) is 0. The second-order valence-electron chi connectivity index (χ2n) is 4.89. The van der Waals surface area contributed by atoms with E-state index in [1.54, 1.807) is 6.33 Å². The third kappa shape index (κ3) is 2.27. The Labute approximate surface area is 126 Å². The third-order valence-corrected chi connectivity index (χ3v) is 4.73. The predicted molar refractivity (Wildman–Crippen MR) is 77.9 cm³/mol. The molecule has 1 unspecified atom stereocenters. The van der Waals surface area contributed by atoms with Crippen LogP contribution in [0.25, 0.3) is 0 Å². The SMILES string of the molecule is O=C(Nc1cccc2c1N=[Se]=N2)C1Cc2nc[nH]c2CN1. The van der Waals surface area contributed by atoms with Crippen LogP contribution in [0.2, 0.25) is 0 Å². The number of nitrogens with zero attached hydrogens (tertiary/aromatic N) is 3. The maximum atomic E-state index is 12.4. The molecule has 0 saturated carbocycles. The summed E-state index contributed by atoms with van der Waals surface area (Å²) in [5.74, 6) is -0.0633. The molecule has 2 aliphatic rings. The number of aromatic nitrogens is 2. The Morgan fingerprint density at radius 3 is 3.29 bits per heavy atom. The molecular weight excluding hydrogens is 335 g/mol. The maximum absolute atomic E-state index is 12.4. The van der Waals surface area contributed by atoms with Crippen molar-refractivity contribution in [3.8, 4) is 0 Å². The van der Waals surface area contributed by atoms with Crippen LogP contribution in [0.3, 0.4) is 0 Å². The zero-order valence-corrected chi connectivity index (χ0v) is 12.7. The van der Waals surface area contributed by atoms with Gasteiger partial charge in [0, 0.05) is 0 Å². The van der Waals surface area contributed by atoms with Crippen LogP contribution in [0.15, 0.2) is 32.5 Å². The first-order valence-corrected chi connectivity index (χ1v) is 8.11. The molecule has 106 valence electrons. The van der Waals surface area contributed by atoms with E-state index in [2.05, 4.69) is 28.5 Å². The summed E-state index contributed by atoms with van der Waals surface area (Å²) in [6, 6.07) is 5.38. The number of anilines is 1. The number of H-pyrrole nitrogens is 1. The molecule has 3 heterocycles. The van der Waals surface area contributed by atoms with E-state index in [0.717, 1.165) is 28.5 Å². The van der Waals surface area contributed by atoms with E-state index in [-0.39, 0.29) is 26.5 Å². The summed E-state index contributed by atoms with van der Waals surface area (Å²) in [4.78, 5) is 19.7. The van der Waals surface area contributed by atoms with Crippen LogP contribution in [0.5, 0.6) is 0 Å². The molecule has 0 spiro atoms. The van der Waals surface area contributed by atoms with Crippen LogP contribution in [0.4, 0.5) is 17.1 Å². The first kappa shape index (κ1) is 12.7. The van der Waals surface area contributed by atoms with Crippen LogP contribution in [-0.2, 0) is 17.8 Å². The molecule has 0 saturated heterocycles. The van der Waals surface area contributed by atoms with Gasteiger partial charge in [-0.3, -0.25) is 0 Å². The Hall–Kier alpha value is -2.02. The van der Waals surface area contributed by atoms with Crippen molar-refractivity contribution in [2.24, 2.45) is 7.92 Å². The molecule has 1 aromatic carbocycles. The van der Waals surface area contributed by atoms with Crippen molar-refractivity contribution in [1.29, 1.82) is 0 Å². The number of nitrogens with one attached hydrogen (secondary N) is 3. The van der Waals surface area contributed by atoms with Crippen LogP contribution < -0.4 is 10.6 Å². The molecule has 0 fully saturated rings. The number of hydrogen-bond donors (Lipinski definition) is 3. The number of imidazole rings is 1. The summed E-state index contributed by atoms with van der Waals surface area (Å²) in [5.41, 5.74) is 4.39. The number of aromatic amines is 1. The standard InChI is InChI=1S/C13H12N6OSe/c20-13(10-4-9-11(5-14-10)16-6-15-9)17-7-2-1-3-8-12(7)19-21-18-8/h1-3,6,10,14H,4-5H2,(H,15,16)(H,17,20). The molecule has 8 heteroatoms. The Balaban J connectivity index is 1.53. The van der Waals surface area contributed by atoms with Gasteiger partial charge in [0.25, 0.3) is 0 Å². The molecule has 21 heavy (non-hydrogen) atoms. The molecular formula is C13H12N6OSe. The van der Waals surface area contributed by atoms with Gasteiger partial charge in [-0.2, -0.15) is 0 Å². The van der Waals surface area contributed by atoms with E-state index in [1.165, 1.54) is 0 Å². The van der Waals surface area contributed by atoms with Gasteiger partial charge in [0.15, 0.2) is 0 Å². The molecule has 2 aromatic rings. The summed E-state index contributed by atoms with van der Waals surface area (Å²) in [6.45, 7) is 0.628. The topological polar surface area (TPSA) is 94.5 Å². The molecule has 1 amide bonds. The van der Waals surface area contributed by atoms with Gasteiger partial charge in [0.05, 0.1) is 0 Å². The van der Waals surface area contributed by atoms with Gasteiger partial charge in [0.2, 0.25) is 0 Å². The van der Waals surface area contributed by atoms with E-state index < -0.39 is 0 Å². The molecule has 0 aliphatic carbocycles. The van der Waals surface area contributed by atoms with Gasteiger partial charge >= 0.3 is 126 Å². The predicted octanol–water partition coefficient (Wildman–Crippen LogP) is 1.41. The zero-order chi connectivity index (χ0) is 14.2. The van der Waals surface area contributed by atoms with Gasteiger partial charge < -0.3 is 0 Å². The number of carbonyl (C=O) groups is 1. The van der Waals surface area contributed by atoms with E-state index >= 15 is 0 Å². The number of benzene rings is 1. The minimum absolute atomic E-state index is 0.0633. The van der Waals surface area contributed by atoms with Gasteiger partial charge in [-0.1, -0.05) is 0 Å². The van der Waals surface area contributed by atoms with Crippen LogP contribution >= 0.6 is 0 Å². The molecule has 2 aliphatic heterocycles. The summed E-state index contributed by atoms with van der Waals surface area (Å²) >= 11 is -0.101. The number of carbonyl (C=O) groups excluding carboxylic acids is 1. The van der Waals surface area contributed by atoms with Crippen molar-refractivity contribution >= 4 is 37.5 Å². The van der Waals surface area contributed by atoms with Crippen molar-refractivity contribution in [2.75, 3.05) is 5.32 Å². The number of hydrogen-bond acceptors (Lipinski definition) is 5. The van der Waals surface area contributed by atoms with E-state index in [0.29, 0.717) is 13.0 Å². The Morgan fingerprint density at radius 2 is 2.33 bits per heavy atom. The van der Waals surface area contributed by atoms with Gasteiger partial charge in [-0.15, -0.1) is 0 Å². The molecule has 4 rings (SSSR count). The molecule has 3 N–H and O–H groups in total. The second-order valence-corrected chi connectivity index (χ2v) is 6.00. The van der Waals surface area contributed by atoms with Crippen LogP contribution in [0, 0.1) is 0 Å². The quantitative estimate of drug-likeness (QED) is 0.612. The van der Waals surface area contributed by atoms with E-state index in [4.69, 9.17) is 0 Å². The third-order valence-electron chi connectivity index (χ3n) is 3.59. The van der Waals surface area contributed by atoms with Crippen molar-refractivity contribution in [2.45, 2.75) is 19.0 Å². The molecule has 0 radical (unpaired) electrons. The average Bonchev–Trinajstić information content (AvgIpc) is 3.15. The van der Waals surface area contributed by atoms with Crippen LogP contribution in [-0.4, -0.2) is 36.5 Å². The Morgan fingerprint density at radius 1 is 1.38 bits per heavy atom. The molecule has 1 aromatic heterocycles. The van der Waals surface area contributed by atoms with E-state index in [1.807, 2.05) is 18.2 Å². The fourth-order valence-corrected chi connectivity index (χ4v) is 3.63. The second kappa shape index (κ2) is 5.07. The van der Waals surface area contributed by atoms with Gasteiger partial charge in [0.1, 0.15) is 0 Å². The summed E-state index contributed by atoms with van der Waals surface area (Å²) in [5, 5.41) is 6.17. The monoisotopic (exact) mass is 348 g/mol. The number of fused-ring (bicyclic) bond motifs is 2. The number of amides is 1. The van der Waals surface area contributed by atoms with Crippen molar-refractivity contribution in [3.05, 3.63) is 35.9 Å². The molecule has 7 nitrogen and oxygen atoms in total. The number of rotatable bonds is 2. The minimum atomic E-state index is -0.277. The Bertz CT molecular complexity index is 792. The Kier molecular flexibility index (Phi) is 3.07. The van der Waals surface area contributed by atoms with Gasteiger partial charge in [-0.25, -0.2) is 0 Å².